The average molecular weight is 254 g/mol. The molecule has 1 aliphatic heterocycles. The van der Waals surface area contributed by atoms with Gasteiger partial charge in [0, 0.05) is 0 Å². The van der Waals surface area contributed by atoms with Gasteiger partial charge in [0.1, 0.15) is 4.83 Å². The number of nitrogens with one attached hydrogen (secondary N) is 1. The second-order valence-electron chi connectivity index (χ2n) is 3.14. The van der Waals surface area contributed by atoms with Crippen molar-refractivity contribution in [2.45, 2.75) is 10.7 Å². The van der Waals surface area contributed by atoms with Crippen molar-refractivity contribution in [2.24, 2.45) is 0 Å². The normalized spacial score (nSPS) is 26.4. The maximum absolute atomic E-state index is 11.4. The monoisotopic (exact) mass is 253 g/mol. The minimum Gasteiger partial charge on any atom is -0.295 e. The standard InChI is InChI=1S/C10H8BrNO2/c11-8-7(9(13)12-10(8)14)6-4-2-1-3-5-6/h1-5,7-8H,(H,12,13,14)/t7-,8-/m0/s1. The molecule has 0 spiro atoms. The molecule has 0 bridgehead atoms. The minimum atomic E-state index is -0.447. The first-order valence-electron chi connectivity index (χ1n) is 4.24. The van der Waals surface area contributed by atoms with Gasteiger partial charge in [-0.15, -0.1) is 0 Å². The number of carbonyl (C=O) groups is 2. The van der Waals surface area contributed by atoms with Crippen LogP contribution in [0.3, 0.4) is 0 Å². The number of rotatable bonds is 1. The molecule has 1 saturated heterocycles. The highest BCUT2D eigenvalue weighted by atomic mass is 79.9. The van der Waals surface area contributed by atoms with E-state index in [1.165, 1.54) is 0 Å². The zero-order valence-corrected chi connectivity index (χ0v) is 8.82. The average Bonchev–Trinajstić information content (AvgIpc) is 2.43. The highest BCUT2D eigenvalue weighted by molar-refractivity contribution is 9.10. The lowest BCUT2D eigenvalue weighted by molar-refractivity contribution is -0.125. The molecule has 4 heteroatoms. The van der Waals surface area contributed by atoms with E-state index in [2.05, 4.69) is 21.2 Å². The Morgan fingerprint density at radius 1 is 1.07 bits per heavy atom. The van der Waals surface area contributed by atoms with Crippen molar-refractivity contribution in [3.8, 4) is 0 Å². The van der Waals surface area contributed by atoms with E-state index < -0.39 is 10.7 Å². The first kappa shape index (κ1) is 9.40. The molecule has 1 N–H and O–H groups in total. The maximum Gasteiger partial charge on any atom is 0.241 e. The number of amides is 2. The predicted octanol–water partition coefficient (Wildman–Crippen LogP) is 1.19. The summed E-state index contributed by atoms with van der Waals surface area (Å²) in [6, 6.07) is 9.27. The molecule has 14 heavy (non-hydrogen) atoms. The van der Waals surface area contributed by atoms with Crippen LogP contribution in [0, 0.1) is 0 Å². The van der Waals surface area contributed by atoms with Crippen LogP contribution in [0.4, 0.5) is 0 Å². The molecule has 2 rings (SSSR count). The first-order chi connectivity index (χ1) is 6.70. The summed E-state index contributed by atoms with van der Waals surface area (Å²) in [5, 5.41) is 2.29. The molecule has 72 valence electrons. The Morgan fingerprint density at radius 3 is 2.21 bits per heavy atom. The van der Waals surface area contributed by atoms with Crippen LogP contribution in [0.25, 0.3) is 0 Å². The Labute approximate surface area is 89.6 Å². The lowest BCUT2D eigenvalue weighted by Crippen LogP contribution is -2.22. The number of imide groups is 1. The van der Waals surface area contributed by atoms with E-state index in [4.69, 9.17) is 0 Å². The van der Waals surface area contributed by atoms with Crippen molar-refractivity contribution in [2.75, 3.05) is 0 Å². The Hall–Kier alpha value is -1.16. The molecule has 2 amide bonds. The fourth-order valence-corrected chi connectivity index (χ4v) is 2.19. The molecule has 0 unspecified atom stereocenters. The third-order valence-corrected chi connectivity index (χ3v) is 3.18. The number of hydrogen-bond donors (Lipinski definition) is 1. The van der Waals surface area contributed by atoms with Crippen molar-refractivity contribution < 1.29 is 9.59 Å². The second-order valence-corrected chi connectivity index (χ2v) is 4.13. The molecule has 1 aliphatic rings. The summed E-state index contributed by atoms with van der Waals surface area (Å²) in [5.41, 5.74) is 0.859. The summed E-state index contributed by atoms with van der Waals surface area (Å²) in [4.78, 5) is 22.2. The number of alkyl halides is 1. The third kappa shape index (κ3) is 1.46. The van der Waals surface area contributed by atoms with Gasteiger partial charge in [0.2, 0.25) is 11.8 Å². The Bertz CT molecular complexity index is 377. The maximum atomic E-state index is 11.4. The molecular weight excluding hydrogens is 246 g/mol. The molecule has 0 aromatic heterocycles. The lowest BCUT2D eigenvalue weighted by atomic mass is 9.98. The smallest absolute Gasteiger partial charge is 0.241 e. The number of hydrogen-bond acceptors (Lipinski definition) is 2. The summed E-state index contributed by atoms with van der Waals surface area (Å²) in [6.07, 6.45) is 0. The largest absolute Gasteiger partial charge is 0.295 e. The van der Waals surface area contributed by atoms with Crippen LogP contribution >= 0.6 is 15.9 Å². The van der Waals surface area contributed by atoms with Crippen LogP contribution in [-0.4, -0.2) is 16.6 Å². The molecule has 0 aliphatic carbocycles. The zero-order valence-electron chi connectivity index (χ0n) is 7.24. The topological polar surface area (TPSA) is 46.2 Å². The van der Waals surface area contributed by atoms with Crippen LogP contribution in [0.15, 0.2) is 30.3 Å². The van der Waals surface area contributed by atoms with Crippen molar-refractivity contribution in [1.82, 2.24) is 5.32 Å². The van der Waals surface area contributed by atoms with Crippen LogP contribution < -0.4 is 5.32 Å². The summed E-state index contributed by atoms with van der Waals surface area (Å²) < 4.78 is 0. The summed E-state index contributed by atoms with van der Waals surface area (Å²) in [7, 11) is 0. The SMILES string of the molecule is O=C1NC(=O)[C@@H](c2ccccc2)[C@@H]1Br. The van der Waals surface area contributed by atoms with E-state index in [-0.39, 0.29) is 11.8 Å². The molecule has 2 atom stereocenters. The molecular formula is C10H8BrNO2. The van der Waals surface area contributed by atoms with Gasteiger partial charge in [0.05, 0.1) is 5.92 Å². The van der Waals surface area contributed by atoms with Gasteiger partial charge in [-0.3, -0.25) is 14.9 Å². The Morgan fingerprint density at radius 2 is 1.71 bits per heavy atom. The van der Waals surface area contributed by atoms with Crippen molar-refractivity contribution in [3.63, 3.8) is 0 Å². The van der Waals surface area contributed by atoms with Gasteiger partial charge < -0.3 is 0 Å². The van der Waals surface area contributed by atoms with Crippen molar-refractivity contribution >= 4 is 27.7 Å². The highest BCUT2D eigenvalue weighted by Crippen LogP contribution is 2.29. The van der Waals surface area contributed by atoms with E-state index in [1.54, 1.807) is 0 Å². The highest BCUT2D eigenvalue weighted by Gasteiger charge is 2.40. The molecule has 1 aromatic rings. The van der Waals surface area contributed by atoms with Gasteiger partial charge in [-0.25, -0.2) is 0 Å². The Kier molecular flexibility index (Phi) is 2.37. The van der Waals surface area contributed by atoms with Crippen LogP contribution in [0.5, 0.6) is 0 Å². The van der Waals surface area contributed by atoms with E-state index in [0.29, 0.717) is 0 Å². The number of carbonyl (C=O) groups excluding carboxylic acids is 2. The van der Waals surface area contributed by atoms with Gasteiger partial charge in [-0.2, -0.15) is 0 Å². The fourth-order valence-electron chi connectivity index (χ4n) is 1.53. The zero-order chi connectivity index (χ0) is 10.1. The van der Waals surface area contributed by atoms with Crippen LogP contribution in [0.1, 0.15) is 11.5 Å². The summed E-state index contributed by atoms with van der Waals surface area (Å²) >= 11 is 3.21. The van der Waals surface area contributed by atoms with Gasteiger partial charge in [0.25, 0.3) is 0 Å². The quantitative estimate of drug-likeness (QED) is 0.604. The minimum absolute atomic E-state index is 0.233. The predicted molar refractivity (Wildman–Crippen MR) is 55.0 cm³/mol. The van der Waals surface area contributed by atoms with Crippen molar-refractivity contribution in [3.05, 3.63) is 35.9 Å². The van der Waals surface area contributed by atoms with Gasteiger partial charge in [-0.1, -0.05) is 46.3 Å². The second kappa shape index (κ2) is 3.53. The lowest BCUT2D eigenvalue weighted by Gasteiger charge is -2.08. The third-order valence-electron chi connectivity index (χ3n) is 2.23. The van der Waals surface area contributed by atoms with E-state index >= 15 is 0 Å². The molecule has 0 saturated carbocycles. The fraction of sp³-hybridized carbons (Fsp3) is 0.200. The van der Waals surface area contributed by atoms with Crippen LogP contribution in [0.2, 0.25) is 0 Å². The molecule has 1 fully saturated rings. The van der Waals surface area contributed by atoms with E-state index in [0.717, 1.165) is 5.56 Å². The molecule has 0 radical (unpaired) electrons. The Balaban J connectivity index is 2.36. The summed E-state index contributed by atoms with van der Waals surface area (Å²) in [6.45, 7) is 0. The van der Waals surface area contributed by atoms with E-state index in [1.807, 2.05) is 30.3 Å². The van der Waals surface area contributed by atoms with Crippen molar-refractivity contribution in [1.29, 1.82) is 0 Å². The van der Waals surface area contributed by atoms with Gasteiger partial charge in [-0.05, 0) is 5.56 Å². The van der Waals surface area contributed by atoms with Gasteiger partial charge >= 0.3 is 0 Å². The molecule has 3 nitrogen and oxygen atoms in total. The number of halogens is 1. The summed E-state index contributed by atoms with van der Waals surface area (Å²) in [5.74, 6) is -0.893. The molecule has 1 aromatic carbocycles. The number of benzene rings is 1. The van der Waals surface area contributed by atoms with Gasteiger partial charge in [0.15, 0.2) is 0 Å². The van der Waals surface area contributed by atoms with E-state index in [9.17, 15) is 9.59 Å². The first-order valence-corrected chi connectivity index (χ1v) is 5.15. The van der Waals surface area contributed by atoms with Crippen LogP contribution in [-0.2, 0) is 9.59 Å². The molecule has 1 heterocycles.